The zero-order valence-electron chi connectivity index (χ0n) is 13.5. The Balaban J connectivity index is 1.84. The van der Waals surface area contributed by atoms with E-state index in [-0.39, 0.29) is 0 Å². The molecule has 0 fully saturated rings. The molecular weight excluding hydrogens is 312 g/mol. The molecule has 5 heteroatoms. The molecule has 0 saturated heterocycles. The van der Waals surface area contributed by atoms with E-state index in [2.05, 4.69) is 24.3 Å². The fourth-order valence-corrected chi connectivity index (χ4v) is 2.65. The largest absolute Gasteiger partial charge is 0.491 e. The monoisotopic (exact) mass is 334 g/mol. The van der Waals surface area contributed by atoms with E-state index in [0.29, 0.717) is 26.4 Å². The number of hydrogen-bond acceptors (Lipinski definition) is 5. The molecule has 0 N–H and O–H groups in total. The van der Waals surface area contributed by atoms with Crippen LogP contribution in [0.4, 0.5) is 0 Å². The van der Waals surface area contributed by atoms with Crippen LogP contribution in [0.1, 0.15) is 0 Å². The molecule has 0 aliphatic carbocycles. The summed E-state index contributed by atoms with van der Waals surface area (Å²) in [5.41, 5.74) is 0. The van der Waals surface area contributed by atoms with E-state index >= 15 is 0 Å². The van der Waals surface area contributed by atoms with Gasteiger partial charge in [0.1, 0.15) is 24.7 Å². The van der Waals surface area contributed by atoms with Gasteiger partial charge in [0.05, 0.1) is 13.2 Å². The van der Waals surface area contributed by atoms with Gasteiger partial charge < -0.3 is 18.9 Å². The van der Waals surface area contributed by atoms with Crippen LogP contribution in [0, 0.1) is 0 Å². The first-order chi connectivity index (χ1) is 11.3. The molecule has 0 amide bonds. The summed E-state index contributed by atoms with van der Waals surface area (Å²) in [6.45, 7) is 2.31. The molecule has 0 bridgehead atoms. The molecule has 23 heavy (non-hydrogen) atoms. The highest BCUT2D eigenvalue weighted by Gasteiger charge is 2.00. The summed E-state index contributed by atoms with van der Waals surface area (Å²) in [5, 5.41) is 0. The smallest absolute Gasteiger partial charge is 0.119 e. The second-order valence-corrected chi connectivity index (χ2v) is 5.87. The molecule has 4 nitrogen and oxygen atoms in total. The van der Waals surface area contributed by atoms with E-state index < -0.39 is 0 Å². The summed E-state index contributed by atoms with van der Waals surface area (Å²) < 4.78 is 21.0. The van der Waals surface area contributed by atoms with Crippen molar-refractivity contribution in [1.29, 1.82) is 0 Å². The van der Waals surface area contributed by atoms with E-state index in [4.69, 9.17) is 18.9 Å². The fraction of sp³-hybridized carbons (Fsp3) is 0.333. The fourth-order valence-electron chi connectivity index (χ4n) is 1.83. The third kappa shape index (κ3) is 6.52. The predicted molar refractivity (Wildman–Crippen MR) is 91.7 cm³/mol. The van der Waals surface area contributed by atoms with Gasteiger partial charge in [-0.15, -0.1) is 0 Å². The lowest BCUT2D eigenvalue weighted by atomic mass is 10.3. The molecule has 0 aromatic heterocycles. The van der Waals surface area contributed by atoms with Crippen LogP contribution in [0.2, 0.25) is 0 Å². The van der Waals surface area contributed by atoms with Crippen LogP contribution in [-0.4, -0.2) is 40.6 Å². The minimum Gasteiger partial charge on any atom is -0.491 e. The maximum Gasteiger partial charge on any atom is 0.119 e. The second kappa shape index (κ2) is 10.2. The lowest BCUT2D eigenvalue weighted by molar-refractivity contribution is 0.146. The molecule has 0 radical (unpaired) electrons. The maximum absolute atomic E-state index is 5.55. The van der Waals surface area contributed by atoms with Crippen molar-refractivity contribution in [1.82, 2.24) is 0 Å². The number of benzene rings is 2. The standard InChI is InChI=1S/C18H22O4S/c1-19-11-13-21-15-3-7-17(8-4-15)23-18-9-5-16(6-10-18)22-14-12-20-2/h3-10H,11-14H2,1-2H3. The molecule has 2 aromatic rings. The quantitative estimate of drug-likeness (QED) is 0.616. The lowest BCUT2D eigenvalue weighted by Crippen LogP contribution is -2.03. The topological polar surface area (TPSA) is 36.9 Å². The van der Waals surface area contributed by atoms with Crippen molar-refractivity contribution in [2.75, 3.05) is 40.6 Å². The number of hydrogen-bond donors (Lipinski definition) is 0. The molecule has 2 rings (SSSR count). The van der Waals surface area contributed by atoms with Crippen LogP contribution in [0.15, 0.2) is 58.3 Å². The first kappa shape index (κ1) is 17.7. The molecule has 124 valence electrons. The highest BCUT2D eigenvalue weighted by molar-refractivity contribution is 7.99. The minimum absolute atomic E-state index is 0.563. The molecule has 0 aliphatic heterocycles. The average Bonchev–Trinajstić information content (AvgIpc) is 2.58. The Bertz CT molecular complexity index is 503. The summed E-state index contributed by atoms with van der Waals surface area (Å²) in [5.74, 6) is 1.71. The summed E-state index contributed by atoms with van der Waals surface area (Å²) in [6, 6.07) is 16.1. The third-order valence-corrected chi connectivity index (χ3v) is 4.01. The molecule has 0 saturated carbocycles. The van der Waals surface area contributed by atoms with Gasteiger partial charge in [0, 0.05) is 24.0 Å². The third-order valence-electron chi connectivity index (χ3n) is 3.00. The van der Waals surface area contributed by atoms with Gasteiger partial charge in [-0.2, -0.15) is 0 Å². The van der Waals surface area contributed by atoms with Gasteiger partial charge in [-0.05, 0) is 48.5 Å². The van der Waals surface area contributed by atoms with E-state index in [1.54, 1.807) is 26.0 Å². The van der Waals surface area contributed by atoms with Crippen LogP contribution >= 0.6 is 11.8 Å². The molecule has 2 aromatic carbocycles. The predicted octanol–water partition coefficient (Wildman–Crippen LogP) is 3.89. The molecule has 0 unspecified atom stereocenters. The Morgan fingerprint density at radius 1 is 0.609 bits per heavy atom. The Morgan fingerprint density at radius 2 is 1.00 bits per heavy atom. The average molecular weight is 334 g/mol. The van der Waals surface area contributed by atoms with E-state index in [9.17, 15) is 0 Å². The normalized spacial score (nSPS) is 10.5. The van der Waals surface area contributed by atoms with Crippen LogP contribution in [0.25, 0.3) is 0 Å². The van der Waals surface area contributed by atoms with Crippen LogP contribution in [-0.2, 0) is 9.47 Å². The molecule has 0 heterocycles. The van der Waals surface area contributed by atoms with Crippen molar-refractivity contribution in [3.8, 4) is 11.5 Å². The van der Waals surface area contributed by atoms with Crippen LogP contribution in [0.5, 0.6) is 11.5 Å². The molecular formula is C18H22O4S. The van der Waals surface area contributed by atoms with Gasteiger partial charge >= 0.3 is 0 Å². The summed E-state index contributed by atoms with van der Waals surface area (Å²) in [4.78, 5) is 2.33. The Kier molecular flexibility index (Phi) is 7.80. The lowest BCUT2D eigenvalue weighted by Gasteiger charge is -2.08. The van der Waals surface area contributed by atoms with Crippen molar-refractivity contribution < 1.29 is 18.9 Å². The van der Waals surface area contributed by atoms with Gasteiger partial charge in [0.2, 0.25) is 0 Å². The first-order valence-electron chi connectivity index (χ1n) is 7.43. The van der Waals surface area contributed by atoms with Gasteiger partial charge in [-0.25, -0.2) is 0 Å². The van der Waals surface area contributed by atoms with E-state index in [0.717, 1.165) is 21.3 Å². The van der Waals surface area contributed by atoms with Gasteiger partial charge in [-0.1, -0.05) is 11.8 Å². The van der Waals surface area contributed by atoms with Crippen molar-refractivity contribution in [3.63, 3.8) is 0 Å². The summed E-state index contributed by atoms with van der Waals surface area (Å²) in [6.07, 6.45) is 0. The van der Waals surface area contributed by atoms with Crippen molar-refractivity contribution in [2.24, 2.45) is 0 Å². The van der Waals surface area contributed by atoms with Crippen molar-refractivity contribution in [3.05, 3.63) is 48.5 Å². The minimum atomic E-state index is 0.563. The molecule has 0 spiro atoms. The Morgan fingerprint density at radius 3 is 1.35 bits per heavy atom. The summed E-state index contributed by atoms with van der Waals surface area (Å²) in [7, 11) is 3.33. The number of rotatable bonds is 10. The Labute approximate surface area is 141 Å². The second-order valence-electron chi connectivity index (χ2n) is 4.73. The van der Waals surface area contributed by atoms with E-state index in [1.165, 1.54) is 0 Å². The molecule has 0 aliphatic rings. The summed E-state index contributed by atoms with van der Waals surface area (Å²) >= 11 is 1.70. The highest BCUT2D eigenvalue weighted by Crippen LogP contribution is 2.30. The number of methoxy groups -OCH3 is 2. The zero-order valence-corrected chi connectivity index (χ0v) is 14.3. The van der Waals surface area contributed by atoms with Gasteiger partial charge in [0.25, 0.3) is 0 Å². The number of ether oxygens (including phenoxy) is 4. The van der Waals surface area contributed by atoms with Crippen molar-refractivity contribution >= 4 is 11.8 Å². The maximum atomic E-state index is 5.55. The molecule has 0 atom stereocenters. The van der Waals surface area contributed by atoms with Gasteiger partial charge in [0.15, 0.2) is 0 Å². The first-order valence-corrected chi connectivity index (χ1v) is 8.25. The Hall–Kier alpha value is -1.69. The SMILES string of the molecule is COCCOc1ccc(Sc2ccc(OCCOC)cc2)cc1. The zero-order chi connectivity index (χ0) is 16.3. The van der Waals surface area contributed by atoms with E-state index in [1.807, 2.05) is 24.3 Å². The van der Waals surface area contributed by atoms with Crippen LogP contribution < -0.4 is 9.47 Å². The highest BCUT2D eigenvalue weighted by atomic mass is 32.2. The van der Waals surface area contributed by atoms with Crippen LogP contribution in [0.3, 0.4) is 0 Å². The van der Waals surface area contributed by atoms with Gasteiger partial charge in [-0.3, -0.25) is 0 Å². The van der Waals surface area contributed by atoms with Crippen molar-refractivity contribution in [2.45, 2.75) is 9.79 Å².